The van der Waals surface area contributed by atoms with Gasteiger partial charge >= 0.3 is 11.9 Å². The van der Waals surface area contributed by atoms with E-state index < -0.39 is 11.9 Å². The topological polar surface area (TPSA) is 104 Å². The monoisotopic (exact) mass is 279 g/mol. The molecule has 1 aromatic rings. The van der Waals surface area contributed by atoms with Crippen molar-refractivity contribution >= 4 is 17.7 Å². The number of benzene rings is 1. The predicted molar refractivity (Wildman–Crippen MR) is 72.1 cm³/mol. The summed E-state index contributed by atoms with van der Waals surface area (Å²) in [6.07, 6.45) is 2.19. The second kappa shape index (κ2) is 7.40. The molecule has 1 heterocycles. The number of hydrogen-bond acceptors (Lipinski definition) is 4. The van der Waals surface area contributed by atoms with Gasteiger partial charge in [0, 0.05) is 0 Å². The van der Waals surface area contributed by atoms with Crippen LogP contribution in [0.15, 0.2) is 24.3 Å². The third-order valence-corrected chi connectivity index (χ3v) is 2.91. The second-order valence-electron chi connectivity index (χ2n) is 4.45. The average Bonchev–Trinajstić information content (AvgIpc) is 2.93. The van der Waals surface area contributed by atoms with E-state index in [9.17, 15) is 14.4 Å². The Labute approximate surface area is 116 Å². The zero-order valence-corrected chi connectivity index (χ0v) is 11.1. The Morgan fingerprint density at radius 1 is 1.15 bits per heavy atom. The SMILES string of the molecule is CC(=O)[C@@H]1CCCN1.O=C(O)c1cccc(C(=O)O)c1. The molecule has 3 N–H and O–H groups in total. The maximum Gasteiger partial charge on any atom is 0.335 e. The molecule has 0 radical (unpaired) electrons. The Bertz CT molecular complexity index is 477. The van der Waals surface area contributed by atoms with E-state index in [0.29, 0.717) is 0 Å². The lowest BCUT2D eigenvalue weighted by Gasteiger charge is -2.01. The molecule has 6 nitrogen and oxygen atoms in total. The fourth-order valence-electron chi connectivity index (χ4n) is 1.82. The number of nitrogens with one attached hydrogen (secondary N) is 1. The summed E-state index contributed by atoms with van der Waals surface area (Å²) >= 11 is 0. The van der Waals surface area contributed by atoms with E-state index in [1.165, 1.54) is 18.2 Å². The summed E-state index contributed by atoms with van der Waals surface area (Å²) in [5.74, 6) is -1.97. The smallest absolute Gasteiger partial charge is 0.335 e. The highest BCUT2D eigenvalue weighted by molar-refractivity contribution is 5.93. The number of aromatic carboxylic acids is 2. The molecule has 1 aliphatic rings. The molecule has 1 atom stereocenters. The van der Waals surface area contributed by atoms with Gasteiger partial charge in [0.2, 0.25) is 0 Å². The van der Waals surface area contributed by atoms with Crippen LogP contribution in [0.25, 0.3) is 0 Å². The normalized spacial score (nSPS) is 16.9. The molecule has 1 saturated heterocycles. The molecule has 1 aromatic carbocycles. The largest absolute Gasteiger partial charge is 0.478 e. The lowest BCUT2D eigenvalue weighted by molar-refractivity contribution is -0.118. The molecule has 6 heteroatoms. The van der Waals surface area contributed by atoms with Crippen molar-refractivity contribution in [2.45, 2.75) is 25.8 Å². The van der Waals surface area contributed by atoms with Crippen LogP contribution >= 0.6 is 0 Å². The first-order chi connectivity index (χ1) is 9.41. The quantitative estimate of drug-likeness (QED) is 0.773. The molecular weight excluding hydrogens is 262 g/mol. The third kappa shape index (κ3) is 4.81. The van der Waals surface area contributed by atoms with Crippen molar-refractivity contribution in [3.63, 3.8) is 0 Å². The first kappa shape index (κ1) is 15.8. The minimum atomic E-state index is -1.13. The number of carbonyl (C=O) groups is 3. The number of carboxylic acid groups (broad SMARTS) is 2. The van der Waals surface area contributed by atoms with E-state index in [1.54, 1.807) is 6.92 Å². The summed E-state index contributed by atoms with van der Waals surface area (Å²) in [5.41, 5.74) is -0.0372. The second-order valence-corrected chi connectivity index (χ2v) is 4.45. The minimum absolute atomic E-state index is 0.0186. The highest BCUT2D eigenvalue weighted by Gasteiger charge is 2.17. The summed E-state index contributed by atoms with van der Waals surface area (Å²) in [4.78, 5) is 31.3. The van der Waals surface area contributed by atoms with Gasteiger partial charge in [-0.15, -0.1) is 0 Å². The van der Waals surface area contributed by atoms with Gasteiger partial charge in [-0.1, -0.05) is 6.07 Å². The minimum Gasteiger partial charge on any atom is -0.478 e. The van der Waals surface area contributed by atoms with E-state index in [2.05, 4.69) is 5.32 Å². The van der Waals surface area contributed by atoms with Crippen LogP contribution in [0, 0.1) is 0 Å². The number of Topliss-reactive ketones (excluding diaryl/α,β-unsaturated/α-hetero) is 1. The molecule has 20 heavy (non-hydrogen) atoms. The molecule has 0 saturated carbocycles. The van der Waals surface area contributed by atoms with Crippen LogP contribution in [0.1, 0.15) is 40.5 Å². The van der Waals surface area contributed by atoms with Crippen LogP contribution in [0.3, 0.4) is 0 Å². The van der Waals surface area contributed by atoms with Gasteiger partial charge in [0.1, 0.15) is 5.78 Å². The summed E-state index contributed by atoms with van der Waals surface area (Å²) in [5, 5.41) is 20.1. The Morgan fingerprint density at radius 2 is 1.70 bits per heavy atom. The van der Waals surface area contributed by atoms with Gasteiger partial charge in [-0.2, -0.15) is 0 Å². The maximum absolute atomic E-state index is 10.6. The number of carbonyl (C=O) groups excluding carboxylic acids is 1. The van der Waals surface area contributed by atoms with Gasteiger partial charge in [-0.25, -0.2) is 9.59 Å². The Hall–Kier alpha value is -2.21. The van der Waals surface area contributed by atoms with E-state index in [4.69, 9.17) is 10.2 Å². The predicted octanol–water partition coefficient (Wildman–Crippen LogP) is 1.41. The van der Waals surface area contributed by atoms with Gasteiger partial charge in [-0.3, -0.25) is 4.79 Å². The van der Waals surface area contributed by atoms with Crippen LogP contribution in [0.5, 0.6) is 0 Å². The van der Waals surface area contributed by atoms with Gasteiger partial charge in [0.05, 0.1) is 17.2 Å². The molecule has 0 spiro atoms. The van der Waals surface area contributed by atoms with Crippen LogP contribution < -0.4 is 5.32 Å². The molecule has 0 amide bonds. The third-order valence-electron chi connectivity index (χ3n) is 2.91. The van der Waals surface area contributed by atoms with Crippen molar-refractivity contribution in [1.29, 1.82) is 0 Å². The molecule has 108 valence electrons. The van der Waals surface area contributed by atoms with Gasteiger partial charge < -0.3 is 15.5 Å². The fraction of sp³-hybridized carbons (Fsp3) is 0.357. The van der Waals surface area contributed by atoms with Crippen molar-refractivity contribution in [2.75, 3.05) is 6.54 Å². The number of ketones is 1. The lowest BCUT2D eigenvalue weighted by Crippen LogP contribution is -2.28. The van der Waals surface area contributed by atoms with Crippen molar-refractivity contribution in [3.05, 3.63) is 35.4 Å². The zero-order chi connectivity index (χ0) is 15.1. The fourth-order valence-corrected chi connectivity index (χ4v) is 1.82. The standard InChI is InChI=1S/C8H6O4.C6H11NO/c9-7(10)5-2-1-3-6(4-5)8(11)12;1-5(8)6-3-2-4-7-6/h1-4H,(H,9,10)(H,11,12);6-7H,2-4H2,1H3/t;6-/m.0/s1. The number of carboxylic acids is 2. The molecule has 1 aliphatic heterocycles. The van der Waals surface area contributed by atoms with E-state index in [0.717, 1.165) is 25.5 Å². The van der Waals surface area contributed by atoms with Crippen molar-refractivity contribution in [1.82, 2.24) is 5.32 Å². The van der Waals surface area contributed by atoms with Crippen LogP contribution in [-0.4, -0.2) is 40.5 Å². The number of rotatable bonds is 3. The van der Waals surface area contributed by atoms with E-state index in [-0.39, 0.29) is 23.0 Å². The summed E-state index contributed by atoms with van der Waals surface area (Å²) < 4.78 is 0. The van der Waals surface area contributed by atoms with Crippen molar-refractivity contribution in [2.24, 2.45) is 0 Å². The van der Waals surface area contributed by atoms with E-state index >= 15 is 0 Å². The lowest BCUT2D eigenvalue weighted by atomic mass is 10.1. The van der Waals surface area contributed by atoms with Crippen molar-refractivity contribution < 1.29 is 24.6 Å². The number of hydrogen-bond donors (Lipinski definition) is 3. The molecule has 0 unspecified atom stereocenters. The zero-order valence-electron chi connectivity index (χ0n) is 11.1. The molecule has 0 bridgehead atoms. The van der Waals surface area contributed by atoms with Crippen molar-refractivity contribution in [3.8, 4) is 0 Å². The highest BCUT2D eigenvalue weighted by Crippen LogP contribution is 2.05. The van der Waals surface area contributed by atoms with Gasteiger partial charge in [-0.05, 0) is 44.5 Å². The Morgan fingerprint density at radius 3 is 2.00 bits per heavy atom. The molecule has 1 fully saturated rings. The van der Waals surface area contributed by atoms with Crippen LogP contribution in [0.4, 0.5) is 0 Å². The maximum atomic E-state index is 10.6. The molecule has 2 rings (SSSR count). The van der Waals surface area contributed by atoms with Crippen LogP contribution in [-0.2, 0) is 4.79 Å². The Kier molecular flexibility index (Phi) is 5.86. The molecular formula is C14H17NO5. The van der Waals surface area contributed by atoms with Gasteiger partial charge in [0.15, 0.2) is 0 Å². The molecule has 0 aromatic heterocycles. The summed E-state index contributed by atoms with van der Waals surface area (Å²) in [7, 11) is 0. The molecule has 0 aliphatic carbocycles. The average molecular weight is 279 g/mol. The first-order valence-corrected chi connectivity index (χ1v) is 6.22. The first-order valence-electron chi connectivity index (χ1n) is 6.22. The van der Waals surface area contributed by atoms with Crippen LogP contribution in [0.2, 0.25) is 0 Å². The van der Waals surface area contributed by atoms with E-state index in [1.807, 2.05) is 0 Å². The Balaban J connectivity index is 0.000000217. The highest BCUT2D eigenvalue weighted by atomic mass is 16.4. The van der Waals surface area contributed by atoms with Gasteiger partial charge in [0.25, 0.3) is 0 Å². The summed E-state index contributed by atoms with van der Waals surface area (Å²) in [6, 6.07) is 5.37. The summed E-state index contributed by atoms with van der Waals surface area (Å²) in [6.45, 7) is 2.66.